The summed E-state index contributed by atoms with van der Waals surface area (Å²) >= 11 is 3.06. The number of hydrogen-bond donors (Lipinski definition) is 0. The molecule has 6 heteroatoms. The number of carbonyl (C=O) groups excluding carboxylic acids is 1. The molecule has 0 saturated heterocycles. The van der Waals surface area contributed by atoms with Crippen molar-refractivity contribution in [1.29, 1.82) is 0 Å². The molecule has 0 aliphatic rings. The van der Waals surface area contributed by atoms with E-state index in [9.17, 15) is 18.0 Å². The monoisotopic (exact) mass is 308 g/mol. The fourth-order valence-corrected chi connectivity index (χ4v) is 1.45. The summed E-state index contributed by atoms with van der Waals surface area (Å²) in [6.07, 6.45) is -1.09. The molecule has 0 aromatic heterocycles. The normalized spacial score (nSPS) is 11.8. The quantitative estimate of drug-likeness (QED) is 0.787. The van der Waals surface area contributed by atoms with Gasteiger partial charge in [-0.3, -0.25) is 0 Å². The van der Waals surface area contributed by atoms with Crippen LogP contribution in [-0.2, 0) is 4.79 Å². The molecule has 0 aliphatic carbocycles. The molecular weight excluding hydrogens is 301 g/mol. The van der Waals surface area contributed by atoms with Crippen molar-refractivity contribution in [2.24, 2.45) is 0 Å². The minimum Gasteiger partial charge on any atom is -0.405 e. The first kappa shape index (κ1) is 13.8. The van der Waals surface area contributed by atoms with E-state index in [1.807, 2.05) is 0 Å². The summed E-state index contributed by atoms with van der Waals surface area (Å²) in [6, 6.07) is 4.27. The van der Waals surface area contributed by atoms with Crippen molar-refractivity contribution < 1.29 is 22.7 Å². The maximum absolute atomic E-state index is 12.1. The molecule has 1 aromatic rings. The highest BCUT2D eigenvalue weighted by Gasteiger charge is 2.31. The van der Waals surface area contributed by atoms with Crippen molar-refractivity contribution in [3.63, 3.8) is 0 Å². The third-order valence-corrected chi connectivity index (χ3v) is 2.22. The molecule has 0 spiro atoms. The lowest BCUT2D eigenvalue weighted by molar-refractivity contribution is -0.274. The Morgan fingerprint density at radius 2 is 2.06 bits per heavy atom. The molecule has 0 radical (unpaired) electrons. The molecule has 0 amide bonds. The summed E-state index contributed by atoms with van der Waals surface area (Å²) in [7, 11) is 0. The van der Waals surface area contributed by atoms with Crippen LogP contribution in [0.2, 0.25) is 0 Å². The first-order chi connectivity index (χ1) is 7.92. The molecule has 17 heavy (non-hydrogen) atoms. The highest BCUT2D eigenvalue weighted by Crippen LogP contribution is 2.30. The zero-order valence-electron chi connectivity index (χ0n) is 8.50. The second-order valence-corrected chi connectivity index (χ2v) is 3.95. The average Bonchev–Trinajstić information content (AvgIpc) is 2.19. The standard InChI is InChI=1S/C11H8BrF3O2/c12-9-5-4-8(3-1-2-6-16)10(7-9)17-11(13,14)15/h1,3-7H,2H2. The van der Waals surface area contributed by atoms with E-state index in [1.165, 1.54) is 24.3 Å². The lowest BCUT2D eigenvalue weighted by atomic mass is 10.2. The highest BCUT2D eigenvalue weighted by atomic mass is 79.9. The van der Waals surface area contributed by atoms with Gasteiger partial charge in [-0.1, -0.05) is 34.1 Å². The van der Waals surface area contributed by atoms with Gasteiger partial charge in [-0.15, -0.1) is 13.2 Å². The lowest BCUT2D eigenvalue weighted by Gasteiger charge is -2.11. The van der Waals surface area contributed by atoms with Crippen LogP contribution >= 0.6 is 15.9 Å². The van der Waals surface area contributed by atoms with Crippen molar-refractivity contribution in [3.05, 3.63) is 34.3 Å². The van der Waals surface area contributed by atoms with Crippen LogP contribution in [0.5, 0.6) is 5.75 Å². The van der Waals surface area contributed by atoms with Gasteiger partial charge in [0.1, 0.15) is 12.0 Å². The number of carbonyl (C=O) groups is 1. The Morgan fingerprint density at radius 3 is 2.65 bits per heavy atom. The Kier molecular flexibility index (Phi) is 4.74. The average molecular weight is 309 g/mol. The maximum atomic E-state index is 12.1. The maximum Gasteiger partial charge on any atom is 0.573 e. The third-order valence-electron chi connectivity index (χ3n) is 1.73. The molecule has 0 saturated carbocycles. The Hall–Kier alpha value is -1.30. The first-order valence-corrected chi connectivity index (χ1v) is 5.37. The van der Waals surface area contributed by atoms with Gasteiger partial charge in [0, 0.05) is 16.5 Å². The summed E-state index contributed by atoms with van der Waals surface area (Å²) in [5.74, 6) is -0.311. The molecule has 0 atom stereocenters. The molecule has 2 nitrogen and oxygen atoms in total. The van der Waals surface area contributed by atoms with E-state index in [0.717, 1.165) is 0 Å². The second kappa shape index (κ2) is 5.86. The number of rotatable bonds is 4. The highest BCUT2D eigenvalue weighted by molar-refractivity contribution is 9.10. The summed E-state index contributed by atoms with van der Waals surface area (Å²) in [4.78, 5) is 10.1. The van der Waals surface area contributed by atoms with Crippen molar-refractivity contribution in [2.75, 3.05) is 0 Å². The Labute approximate surface area is 104 Å². The van der Waals surface area contributed by atoms with Crippen LogP contribution in [0.4, 0.5) is 13.2 Å². The van der Waals surface area contributed by atoms with Gasteiger partial charge in [0.05, 0.1) is 0 Å². The Bertz CT molecular complexity index is 427. The molecule has 0 unspecified atom stereocenters. The van der Waals surface area contributed by atoms with Gasteiger partial charge in [-0.05, 0) is 12.1 Å². The number of alkyl halides is 3. The first-order valence-electron chi connectivity index (χ1n) is 4.58. The fourth-order valence-electron chi connectivity index (χ4n) is 1.11. The van der Waals surface area contributed by atoms with Crippen LogP contribution < -0.4 is 4.74 Å². The predicted molar refractivity (Wildman–Crippen MR) is 60.5 cm³/mol. The molecule has 92 valence electrons. The summed E-state index contributed by atoms with van der Waals surface area (Å²) in [5.41, 5.74) is 0.257. The van der Waals surface area contributed by atoms with E-state index in [2.05, 4.69) is 20.7 Å². The number of allylic oxidation sites excluding steroid dienone is 1. The second-order valence-electron chi connectivity index (χ2n) is 3.03. The number of halogens is 4. The van der Waals surface area contributed by atoms with Crippen LogP contribution in [0.3, 0.4) is 0 Å². The van der Waals surface area contributed by atoms with Crippen molar-refractivity contribution in [1.82, 2.24) is 0 Å². The molecule has 0 bridgehead atoms. The minimum atomic E-state index is -4.74. The van der Waals surface area contributed by atoms with Crippen LogP contribution in [0, 0.1) is 0 Å². The number of hydrogen-bond acceptors (Lipinski definition) is 2. The Morgan fingerprint density at radius 1 is 1.35 bits per heavy atom. The molecule has 0 aliphatic heterocycles. The number of ether oxygens (including phenoxy) is 1. The van der Waals surface area contributed by atoms with Crippen molar-refractivity contribution in [3.8, 4) is 5.75 Å². The predicted octanol–water partition coefficient (Wildman–Crippen LogP) is 3.95. The smallest absolute Gasteiger partial charge is 0.405 e. The van der Waals surface area contributed by atoms with Gasteiger partial charge in [0.25, 0.3) is 0 Å². The third kappa shape index (κ3) is 5.04. The van der Waals surface area contributed by atoms with Crippen LogP contribution in [0.25, 0.3) is 6.08 Å². The van der Waals surface area contributed by atoms with Crippen LogP contribution in [0.1, 0.15) is 12.0 Å². The molecule has 0 heterocycles. The van der Waals surface area contributed by atoms with Gasteiger partial charge in [0.15, 0.2) is 0 Å². The fraction of sp³-hybridized carbons (Fsp3) is 0.182. The van der Waals surface area contributed by atoms with Crippen LogP contribution in [0.15, 0.2) is 28.7 Å². The molecule has 1 aromatic carbocycles. The summed E-state index contributed by atoms with van der Waals surface area (Å²) in [5, 5.41) is 0. The van der Waals surface area contributed by atoms with E-state index in [1.54, 1.807) is 6.07 Å². The topological polar surface area (TPSA) is 26.3 Å². The van der Waals surface area contributed by atoms with E-state index < -0.39 is 6.36 Å². The minimum absolute atomic E-state index is 0.140. The SMILES string of the molecule is O=CCC=Cc1ccc(Br)cc1OC(F)(F)F. The van der Waals surface area contributed by atoms with Crippen LogP contribution in [-0.4, -0.2) is 12.6 Å². The van der Waals surface area contributed by atoms with Crippen molar-refractivity contribution in [2.45, 2.75) is 12.8 Å². The Balaban J connectivity index is 2.99. The number of aldehydes is 1. The van der Waals surface area contributed by atoms with Gasteiger partial charge < -0.3 is 9.53 Å². The molecular formula is C11H8BrF3O2. The van der Waals surface area contributed by atoms with Gasteiger partial charge >= 0.3 is 6.36 Å². The number of benzene rings is 1. The zero-order valence-corrected chi connectivity index (χ0v) is 10.1. The van der Waals surface area contributed by atoms with E-state index in [4.69, 9.17) is 0 Å². The van der Waals surface area contributed by atoms with Gasteiger partial charge in [0.2, 0.25) is 0 Å². The van der Waals surface area contributed by atoms with E-state index in [0.29, 0.717) is 10.8 Å². The largest absolute Gasteiger partial charge is 0.573 e. The molecule has 0 N–H and O–H groups in total. The van der Waals surface area contributed by atoms with E-state index in [-0.39, 0.29) is 17.7 Å². The zero-order chi connectivity index (χ0) is 12.9. The summed E-state index contributed by atoms with van der Waals surface area (Å²) in [6.45, 7) is 0. The summed E-state index contributed by atoms with van der Waals surface area (Å²) < 4.78 is 40.7. The molecule has 0 fully saturated rings. The molecule has 1 rings (SSSR count). The lowest BCUT2D eigenvalue weighted by Crippen LogP contribution is -2.17. The van der Waals surface area contributed by atoms with E-state index >= 15 is 0 Å². The van der Waals surface area contributed by atoms with Gasteiger partial charge in [-0.25, -0.2) is 0 Å². The van der Waals surface area contributed by atoms with Gasteiger partial charge in [-0.2, -0.15) is 0 Å². The van der Waals surface area contributed by atoms with Crippen molar-refractivity contribution >= 4 is 28.3 Å².